The highest BCUT2D eigenvalue weighted by Crippen LogP contribution is 2.23. The number of halogens is 1. The smallest absolute Gasteiger partial charge is 0.267 e. The normalized spacial score (nSPS) is 12.3. The molecule has 1 amide bonds. The van der Waals surface area contributed by atoms with E-state index in [1.807, 2.05) is 42.5 Å². The summed E-state index contributed by atoms with van der Waals surface area (Å²) < 4.78 is 0.946. The maximum Gasteiger partial charge on any atom is 0.277 e. The predicted octanol–water partition coefficient (Wildman–Crippen LogP) is 5.12. The monoisotopic (exact) mass is 343 g/mol. The number of benzene rings is 2. The molecule has 108 valence electrons. The van der Waals surface area contributed by atoms with Crippen molar-refractivity contribution in [3.05, 3.63) is 70.2 Å². The van der Waals surface area contributed by atoms with Crippen LogP contribution in [0.25, 0.3) is 0 Å². The van der Waals surface area contributed by atoms with Gasteiger partial charge in [0.05, 0.1) is 5.71 Å². The van der Waals surface area contributed by atoms with Gasteiger partial charge in [-0.2, -0.15) is 0 Å². The molecule has 0 radical (unpaired) electrons. The van der Waals surface area contributed by atoms with E-state index in [1.54, 1.807) is 12.1 Å². The molecule has 0 aliphatic carbocycles. The van der Waals surface area contributed by atoms with Crippen molar-refractivity contribution in [2.45, 2.75) is 20.8 Å². The number of carbonyl (C=O) groups excluding carboxylic acids is 1. The summed E-state index contributed by atoms with van der Waals surface area (Å²) in [5.74, 6) is -0.212. The summed E-state index contributed by atoms with van der Waals surface area (Å²) in [4.78, 5) is 16.8. The maximum atomic E-state index is 12.4. The summed E-state index contributed by atoms with van der Waals surface area (Å²) in [5, 5.41) is 0. The minimum atomic E-state index is -0.212. The van der Waals surface area contributed by atoms with E-state index in [0.717, 1.165) is 15.7 Å². The number of carbonyl (C=O) groups is 1. The highest BCUT2D eigenvalue weighted by molar-refractivity contribution is 9.10. The first-order chi connectivity index (χ1) is 9.88. The fourth-order valence-electron chi connectivity index (χ4n) is 2.02. The summed E-state index contributed by atoms with van der Waals surface area (Å²) in [5.41, 5.74) is 2.18. The van der Waals surface area contributed by atoms with Crippen LogP contribution < -0.4 is 0 Å². The lowest BCUT2D eigenvalue weighted by Crippen LogP contribution is -2.23. The minimum absolute atomic E-state index is 0.202. The van der Waals surface area contributed by atoms with E-state index in [9.17, 15) is 4.79 Å². The van der Waals surface area contributed by atoms with Crippen molar-refractivity contribution in [3.63, 3.8) is 0 Å². The topological polar surface area (TPSA) is 29.4 Å². The van der Waals surface area contributed by atoms with E-state index in [-0.39, 0.29) is 11.3 Å². The van der Waals surface area contributed by atoms with Crippen LogP contribution in [0.3, 0.4) is 0 Å². The van der Waals surface area contributed by atoms with Crippen LogP contribution in [0.5, 0.6) is 0 Å². The molecule has 0 spiro atoms. The van der Waals surface area contributed by atoms with Gasteiger partial charge >= 0.3 is 0 Å². The Labute approximate surface area is 134 Å². The van der Waals surface area contributed by atoms with Gasteiger partial charge in [0.2, 0.25) is 0 Å². The second kappa shape index (κ2) is 6.35. The van der Waals surface area contributed by atoms with Crippen molar-refractivity contribution in [3.8, 4) is 0 Å². The Balaban J connectivity index is 2.42. The number of amides is 1. The van der Waals surface area contributed by atoms with E-state index < -0.39 is 0 Å². The summed E-state index contributed by atoms with van der Waals surface area (Å²) >= 11 is 3.37. The number of aliphatic imine (C=N–C) groups is 1. The van der Waals surface area contributed by atoms with Crippen LogP contribution in [-0.4, -0.2) is 11.6 Å². The average molecular weight is 344 g/mol. The van der Waals surface area contributed by atoms with Gasteiger partial charge in [0.1, 0.15) is 0 Å². The molecule has 0 N–H and O–H groups in total. The molecule has 2 aromatic rings. The van der Waals surface area contributed by atoms with Gasteiger partial charge in [-0.05, 0) is 29.8 Å². The first-order valence-corrected chi connectivity index (χ1v) is 7.62. The Kier molecular flexibility index (Phi) is 4.73. The lowest BCUT2D eigenvalue weighted by molar-refractivity contribution is 0.100. The van der Waals surface area contributed by atoms with Crippen LogP contribution in [0, 0.1) is 5.41 Å². The first kappa shape index (κ1) is 15.6. The molecule has 0 aliphatic heterocycles. The molecule has 0 aliphatic rings. The molecule has 0 atom stereocenters. The van der Waals surface area contributed by atoms with E-state index in [0.29, 0.717) is 5.56 Å². The second-order valence-electron chi connectivity index (χ2n) is 5.89. The van der Waals surface area contributed by atoms with Crippen LogP contribution >= 0.6 is 15.9 Å². The van der Waals surface area contributed by atoms with Crippen molar-refractivity contribution < 1.29 is 4.79 Å². The van der Waals surface area contributed by atoms with Crippen molar-refractivity contribution in [2.75, 3.05) is 0 Å². The van der Waals surface area contributed by atoms with Crippen LogP contribution in [0.2, 0.25) is 0 Å². The van der Waals surface area contributed by atoms with Crippen LogP contribution in [0.4, 0.5) is 0 Å². The van der Waals surface area contributed by atoms with Gasteiger partial charge in [-0.3, -0.25) is 4.79 Å². The zero-order valence-corrected chi connectivity index (χ0v) is 14.0. The summed E-state index contributed by atoms with van der Waals surface area (Å²) in [6.45, 7) is 6.19. The molecule has 3 heteroatoms. The zero-order valence-electron chi connectivity index (χ0n) is 12.4. The van der Waals surface area contributed by atoms with Crippen molar-refractivity contribution in [2.24, 2.45) is 10.4 Å². The molecule has 2 aromatic carbocycles. The van der Waals surface area contributed by atoms with Crippen molar-refractivity contribution in [1.29, 1.82) is 0 Å². The molecule has 0 heterocycles. The second-order valence-corrected chi connectivity index (χ2v) is 6.80. The molecule has 0 bridgehead atoms. The summed E-state index contributed by atoms with van der Waals surface area (Å²) in [6.07, 6.45) is 0. The summed E-state index contributed by atoms with van der Waals surface area (Å²) in [7, 11) is 0. The van der Waals surface area contributed by atoms with Gasteiger partial charge in [0.15, 0.2) is 0 Å². The van der Waals surface area contributed by atoms with E-state index >= 15 is 0 Å². The van der Waals surface area contributed by atoms with Crippen molar-refractivity contribution >= 4 is 27.5 Å². The lowest BCUT2D eigenvalue weighted by Gasteiger charge is -2.21. The Morgan fingerprint density at radius 3 is 2.00 bits per heavy atom. The van der Waals surface area contributed by atoms with Crippen LogP contribution in [-0.2, 0) is 0 Å². The average Bonchev–Trinajstić information content (AvgIpc) is 2.45. The molecule has 0 saturated carbocycles. The number of hydrogen-bond acceptors (Lipinski definition) is 1. The Bertz CT molecular complexity index is 652. The quantitative estimate of drug-likeness (QED) is 0.695. The largest absolute Gasteiger partial charge is 0.277 e. The van der Waals surface area contributed by atoms with Crippen molar-refractivity contribution in [1.82, 2.24) is 0 Å². The predicted molar refractivity (Wildman–Crippen MR) is 90.9 cm³/mol. The van der Waals surface area contributed by atoms with Gasteiger partial charge in [0.25, 0.3) is 5.91 Å². The van der Waals surface area contributed by atoms with Gasteiger partial charge in [0, 0.05) is 15.5 Å². The van der Waals surface area contributed by atoms with Crippen LogP contribution in [0.15, 0.2) is 64.1 Å². The first-order valence-electron chi connectivity index (χ1n) is 6.82. The molecule has 2 rings (SSSR count). The maximum absolute atomic E-state index is 12.4. The van der Waals surface area contributed by atoms with E-state index in [2.05, 4.69) is 41.7 Å². The molecular formula is C18H18BrNO. The van der Waals surface area contributed by atoms with Gasteiger partial charge in [-0.1, -0.05) is 67.0 Å². The fourth-order valence-corrected chi connectivity index (χ4v) is 2.28. The number of rotatable bonds is 2. The standard InChI is InChI=1S/C18H18BrNO/c1-18(2,3)16(13-7-5-4-6-8-13)20-17(21)14-9-11-15(19)12-10-14/h4-12H,1-3H3. The number of hydrogen-bond donors (Lipinski definition) is 0. The molecule has 0 aromatic heterocycles. The van der Waals surface area contributed by atoms with Gasteiger partial charge in [-0.25, -0.2) is 4.99 Å². The highest BCUT2D eigenvalue weighted by Gasteiger charge is 2.22. The molecule has 0 unspecified atom stereocenters. The number of nitrogens with zero attached hydrogens (tertiary/aromatic N) is 1. The summed E-state index contributed by atoms with van der Waals surface area (Å²) in [6, 6.07) is 17.1. The third kappa shape index (κ3) is 4.11. The van der Waals surface area contributed by atoms with Crippen LogP contribution in [0.1, 0.15) is 36.7 Å². The third-order valence-corrected chi connectivity index (χ3v) is 3.59. The highest BCUT2D eigenvalue weighted by atomic mass is 79.9. The zero-order chi connectivity index (χ0) is 15.5. The molecule has 2 nitrogen and oxygen atoms in total. The minimum Gasteiger partial charge on any atom is -0.267 e. The molecule has 0 saturated heterocycles. The van der Waals surface area contributed by atoms with Gasteiger partial charge in [-0.15, -0.1) is 0 Å². The fraction of sp³-hybridized carbons (Fsp3) is 0.222. The Hall–Kier alpha value is -1.74. The molecule has 0 fully saturated rings. The van der Waals surface area contributed by atoms with E-state index in [4.69, 9.17) is 0 Å². The SMILES string of the molecule is CC(C)(C)C(=NC(=O)c1ccc(Br)cc1)c1ccccc1. The van der Waals surface area contributed by atoms with Gasteiger partial charge < -0.3 is 0 Å². The Morgan fingerprint density at radius 2 is 1.48 bits per heavy atom. The lowest BCUT2D eigenvalue weighted by atomic mass is 9.85. The molecular weight excluding hydrogens is 326 g/mol. The third-order valence-electron chi connectivity index (χ3n) is 3.06. The van der Waals surface area contributed by atoms with E-state index in [1.165, 1.54) is 0 Å². The Morgan fingerprint density at radius 1 is 0.905 bits per heavy atom. The molecule has 21 heavy (non-hydrogen) atoms.